The molecule has 2 rings (SSSR count). The summed E-state index contributed by atoms with van der Waals surface area (Å²) in [5.74, 6) is 0.0764. The van der Waals surface area contributed by atoms with Gasteiger partial charge in [0.1, 0.15) is 0 Å². The number of amides is 1. The Hall–Kier alpha value is -1.73. The molecule has 4 N–H and O–H groups in total. The van der Waals surface area contributed by atoms with Gasteiger partial charge in [-0.2, -0.15) is 0 Å². The van der Waals surface area contributed by atoms with E-state index in [2.05, 4.69) is 21.5 Å². The summed E-state index contributed by atoms with van der Waals surface area (Å²) in [6, 6.07) is 5.95. The van der Waals surface area contributed by atoms with Crippen LogP contribution in [0.4, 0.5) is 5.69 Å². The minimum atomic E-state index is -0.0392. The standard InChI is InChI=1S/C14H18N4OS2/c1-8-4-3-5-11(9(8)2)15-13(20)17-18-14(21)16-12(19)10-6-7-10/h3-5,10H,6-7H2,1-2H3,(H2,15,17,20)(H2,16,18,19,21). The molecule has 0 heterocycles. The summed E-state index contributed by atoms with van der Waals surface area (Å²) in [5, 5.41) is 6.29. The first-order valence-electron chi connectivity index (χ1n) is 6.71. The first-order chi connectivity index (χ1) is 9.97. The number of hydrazine groups is 1. The summed E-state index contributed by atoms with van der Waals surface area (Å²) in [6.07, 6.45) is 1.88. The maximum atomic E-state index is 11.5. The van der Waals surface area contributed by atoms with Crippen molar-refractivity contribution in [1.82, 2.24) is 16.2 Å². The third-order valence-corrected chi connectivity index (χ3v) is 3.74. The highest BCUT2D eigenvalue weighted by atomic mass is 32.1. The molecule has 5 nitrogen and oxygen atoms in total. The van der Waals surface area contributed by atoms with Crippen molar-refractivity contribution in [3.63, 3.8) is 0 Å². The van der Waals surface area contributed by atoms with E-state index < -0.39 is 0 Å². The molecule has 112 valence electrons. The Morgan fingerprint density at radius 2 is 1.81 bits per heavy atom. The van der Waals surface area contributed by atoms with E-state index in [4.69, 9.17) is 24.4 Å². The second kappa shape index (κ2) is 6.82. The second-order valence-electron chi connectivity index (χ2n) is 5.04. The van der Waals surface area contributed by atoms with Crippen LogP contribution in [0.15, 0.2) is 18.2 Å². The van der Waals surface area contributed by atoms with Crippen LogP contribution in [0.5, 0.6) is 0 Å². The van der Waals surface area contributed by atoms with Gasteiger partial charge in [0.15, 0.2) is 10.2 Å². The Morgan fingerprint density at radius 3 is 2.48 bits per heavy atom. The fourth-order valence-corrected chi connectivity index (χ4v) is 2.06. The molecule has 0 aliphatic heterocycles. The van der Waals surface area contributed by atoms with Crippen molar-refractivity contribution >= 4 is 46.3 Å². The minimum absolute atomic E-state index is 0.0392. The van der Waals surface area contributed by atoms with Gasteiger partial charge >= 0.3 is 0 Å². The van der Waals surface area contributed by atoms with Crippen LogP contribution in [0.3, 0.4) is 0 Å². The number of thiocarbonyl (C=S) groups is 2. The number of hydrogen-bond donors (Lipinski definition) is 4. The molecule has 1 aromatic rings. The van der Waals surface area contributed by atoms with Gasteiger partial charge in [-0.15, -0.1) is 0 Å². The van der Waals surface area contributed by atoms with Gasteiger partial charge in [0.25, 0.3) is 0 Å². The van der Waals surface area contributed by atoms with E-state index in [-0.39, 0.29) is 16.9 Å². The zero-order valence-electron chi connectivity index (χ0n) is 11.9. The van der Waals surface area contributed by atoms with E-state index >= 15 is 0 Å². The lowest BCUT2D eigenvalue weighted by Crippen LogP contribution is -2.50. The third kappa shape index (κ3) is 4.64. The van der Waals surface area contributed by atoms with Gasteiger partial charge in [0, 0.05) is 11.6 Å². The molecule has 0 atom stereocenters. The SMILES string of the molecule is Cc1cccc(NC(=S)NNC(=S)NC(=O)C2CC2)c1C. The molecule has 0 aromatic heterocycles. The average Bonchev–Trinajstić information content (AvgIpc) is 3.26. The fraction of sp³-hybridized carbons (Fsp3) is 0.357. The van der Waals surface area contributed by atoms with Gasteiger partial charge in [0.2, 0.25) is 5.91 Å². The van der Waals surface area contributed by atoms with E-state index in [0.717, 1.165) is 24.1 Å². The normalized spacial score (nSPS) is 13.2. The van der Waals surface area contributed by atoms with Gasteiger partial charge in [-0.1, -0.05) is 12.1 Å². The van der Waals surface area contributed by atoms with Crippen molar-refractivity contribution in [2.45, 2.75) is 26.7 Å². The van der Waals surface area contributed by atoms with Gasteiger partial charge in [-0.05, 0) is 68.3 Å². The molecule has 0 radical (unpaired) electrons. The summed E-state index contributed by atoms with van der Waals surface area (Å²) < 4.78 is 0. The smallest absolute Gasteiger partial charge is 0.229 e. The van der Waals surface area contributed by atoms with E-state index in [0.29, 0.717) is 5.11 Å². The van der Waals surface area contributed by atoms with Crippen molar-refractivity contribution in [3.8, 4) is 0 Å². The molecule has 1 aliphatic carbocycles. The highest BCUT2D eigenvalue weighted by Gasteiger charge is 2.29. The van der Waals surface area contributed by atoms with Crippen molar-refractivity contribution in [1.29, 1.82) is 0 Å². The Morgan fingerprint density at radius 1 is 1.14 bits per heavy atom. The lowest BCUT2D eigenvalue weighted by molar-refractivity contribution is -0.120. The highest BCUT2D eigenvalue weighted by molar-refractivity contribution is 7.80. The maximum absolute atomic E-state index is 11.5. The van der Waals surface area contributed by atoms with Crippen LogP contribution >= 0.6 is 24.4 Å². The summed E-state index contributed by atoms with van der Waals surface area (Å²) >= 11 is 10.2. The van der Waals surface area contributed by atoms with Crippen molar-refractivity contribution in [2.24, 2.45) is 5.92 Å². The molecule has 1 aromatic carbocycles. The molecule has 1 fully saturated rings. The Labute approximate surface area is 134 Å². The second-order valence-corrected chi connectivity index (χ2v) is 5.86. The van der Waals surface area contributed by atoms with Crippen LogP contribution in [0.1, 0.15) is 24.0 Å². The predicted molar refractivity (Wildman–Crippen MR) is 91.9 cm³/mol. The number of nitrogens with one attached hydrogen (secondary N) is 4. The number of carbonyl (C=O) groups excluding carboxylic acids is 1. The molecule has 1 saturated carbocycles. The molecular weight excluding hydrogens is 304 g/mol. The Bertz CT molecular complexity index is 584. The zero-order valence-corrected chi connectivity index (χ0v) is 13.6. The number of rotatable bonds is 2. The topological polar surface area (TPSA) is 65.2 Å². The molecule has 0 spiro atoms. The highest BCUT2D eigenvalue weighted by Crippen LogP contribution is 2.28. The van der Waals surface area contributed by atoms with Crippen LogP contribution < -0.4 is 21.5 Å². The van der Waals surface area contributed by atoms with E-state index in [9.17, 15) is 4.79 Å². The largest absolute Gasteiger partial charge is 0.331 e. The van der Waals surface area contributed by atoms with Gasteiger partial charge in [-0.25, -0.2) is 0 Å². The van der Waals surface area contributed by atoms with Crippen LogP contribution in [0, 0.1) is 19.8 Å². The summed E-state index contributed by atoms with van der Waals surface area (Å²) in [7, 11) is 0. The minimum Gasteiger partial charge on any atom is -0.331 e. The van der Waals surface area contributed by atoms with Crippen molar-refractivity contribution in [2.75, 3.05) is 5.32 Å². The van der Waals surface area contributed by atoms with Crippen molar-refractivity contribution in [3.05, 3.63) is 29.3 Å². The average molecular weight is 322 g/mol. The van der Waals surface area contributed by atoms with Crippen LogP contribution in [-0.2, 0) is 4.79 Å². The summed E-state index contributed by atoms with van der Waals surface area (Å²) in [4.78, 5) is 11.5. The van der Waals surface area contributed by atoms with Crippen LogP contribution in [-0.4, -0.2) is 16.1 Å². The van der Waals surface area contributed by atoms with E-state index in [1.165, 1.54) is 5.56 Å². The molecule has 1 aliphatic rings. The lowest BCUT2D eigenvalue weighted by Gasteiger charge is -2.15. The molecule has 21 heavy (non-hydrogen) atoms. The lowest BCUT2D eigenvalue weighted by atomic mass is 10.1. The quantitative estimate of drug-likeness (QED) is 0.493. The Balaban J connectivity index is 1.77. The number of hydrogen-bond acceptors (Lipinski definition) is 3. The molecule has 0 saturated heterocycles. The predicted octanol–water partition coefficient (Wildman–Crippen LogP) is 1.91. The van der Waals surface area contributed by atoms with Crippen LogP contribution in [0.2, 0.25) is 0 Å². The first kappa shape index (κ1) is 15.7. The van der Waals surface area contributed by atoms with Gasteiger partial charge in [-0.3, -0.25) is 15.6 Å². The van der Waals surface area contributed by atoms with Crippen molar-refractivity contribution < 1.29 is 4.79 Å². The summed E-state index contributed by atoms with van der Waals surface area (Å²) in [5.41, 5.74) is 8.70. The van der Waals surface area contributed by atoms with Crippen LogP contribution in [0.25, 0.3) is 0 Å². The number of aryl methyl sites for hydroxylation is 1. The van der Waals surface area contributed by atoms with Gasteiger partial charge < -0.3 is 10.6 Å². The molecule has 1 amide bonds. The van der Waals surface area contributed by atoms with E-state index in [1.807, 2.05) is 32.0 Å². The molecular formula is C14H18N4OS2. The Kier molecular flexibility index (Phi) is 5.08. The summed E-state index contributed by atoms with van der Waals surface area (Å²) in [6.45, 7) is 4.06. The fourth-order valence-electron chi connectivity index (χ4n) is 1.74. The molecule has 0 unspecified atom stereocenters. The zero-order chi connectivity index (χ0) is 15.4. The van der Waals surface area contributed by atoms with E-state index in [1.54, 1.807) is 0 Å². The monoisotopic (exact) mass is 322 g/mol. The maximum Gasteiger partial charge on any atom is 0.229 e. The first-order valence-corrected chi connectivity index (χ1v) is 7.53. The van der Waals surface area contributed by atoms with Gasteiger partial charge in [0.05, 0.1) is 0 Å². The molecule has 0 bridgehead atoms. The molecule has 7 heteroatoms. The number of anilines is 1. The third-order valence-electron chi connectivity index (χ3n) is 3.33. The number of benzene rings is 1. The number of carbonyl (C=O) groups is 1.